The van der Waals surface area contributed by atoms with Crippen LogP contribution in [0.1, 0.15) is 52.9 Å². The summed E-state index contributed by atoms with van der Waals surface area (Å²) in [6, 6.07) is 0.143. The second-order valence-electron chi connectivity index (χ2n) is 6.04. The quantitative estimate of drug-likeness (QED) is 0.673. The summed E-state index contributed by atoms with van der Waals surface area (Å²) in [5.74, 6) is 1.42. The molecule has 1 fully saturated rings. The highest BCUT2D eigenvalue weighted by Crippen LogP contribution is 2.28. The van der Waals surface area contributed by atoms with E-state index in [0.29, 0.717) is 12.3 Å². The summed E-state index contributed by atoms with van der Waals surface area (Å²) in [7, 11) is -3.11. The van der Waals surface area contributed by atoms with Crippen LogP contribution in [0.15, 0.2) is 0 Å². The third-order valence-corrected chi connectivity index (χ3v) is 5.44. The van der Waals surface area contributed by atoms with Crippen LogP contribution >= 0.6 is 0 Å². The summed E-state index contributed by atoms with van der Waals surface area (Å²) in [4.78, 5) is 0. The topological polar surface area (TPSA) is 58.2 Å². The molecule has 0 saturated heterocycles. The van der Waals surface area contributed by atoms with Crippen LogP contribution in [0.25, 0.3) is 0 Å². The van der Waals surface area contributed by atoms with Gasteiger partial charge in [-0.3, -0.25) is 0 Å². The third-order valence-electron chi connectivity index (χ3n) is 3.96. The lowest BCUT2D eigenvalue weighted by Gasteiger charge is -2.32. The van der Waals surface area contributed by atoms with E-state index in [1.807, 2.05) is 0 Å². The molecule has 0 aliphatic heterocycles. The van der Waals surface area contributed by atoms with Crippen LogP contribution in [0.4, 0.5) is 0 Å². The summed E-state index contributed by atoms with van der Waals surface area (Å²) < 4.78 is 26.9. The van der Waals surface area contributed by atoms with E-state index >= 15 is 0 Å². The average molecular weight is 290 g/mol. The first-order valence-electron chi connectivity index (χ1n) is 7.65. The van der Waals surface area contributed by atoms with Crippen molar-refractivity contribution in [2.75, 3.05) is 18.8 Å². The number of hydrogen-bond acceptors (Lipinski definition) is 3. The molecule has 1 aliphatic rings. The zero-order valence-electron chi connectivity index (χ0n) is 12.6. The van der Waals surface area contributed by atoms with Crippen LogP contribution in [-0.2, 0) is 10.0 Å². The molecule has 0 spiro atoms. The van der Waals surface area contributed by atoms with E-state index in [1.165, 1.54) is 0 Å². The fourth-order valence-electron chi connectivity index (χ4n) is 2.82. The Morgan fingerprint density at radius 1 is 1.16 bits per heavy atom. The van der Waals surface area contributed by atoms with Crippen molar-refractivity contribution in [1.82, 2.24) is 10.0 Å². The molecule has 0 aromatic carbocycles. The first kappa shape index (κ1) is 16.9. The maximum Gasteiger partial charge on any atom is 0.211 e. The van der Waals surface area contributed by atoms with E-state index < -0.39 is 10.0 Å². The van der Waals surface area contributed by atoms with Crippen molar-refractivity contribution in [3.8, 4) is 0 Å². The third kappa shape index (κ3) is 6.72. The highest BCUT2D eigenvalue weighted by atomic mass is 32.2. The van der Waals surface area contributed by atoms with Crippen LogP contribution in [-0.4, -0.2) is 33.3 Å². The van der Waals surface area contributed by atoms with Crippen LogP contribution in [0.2, 0.25) is 0 Å². The van der Waals surface area contributed by atoms with Gasteiger partial charge in [-0.05, 0) is 57.0 Å². The Morgan fingerprint density at radius 3 is 2.53 bits per heavy atom. The molecule has 2 N–H and O–H groups in total. The van der Waals surface area contributed by atoms with E-state index in [0.717, 1.165) is 44.7 Å². The number of rotatable bonds is 8. The van der Waals surface area contributed by atoms with Gasteiger partial charge >= 0.3 is 0 Å². The minimum atomic E-state index is -3.11. The van der Waals surface area contributed by atoms with Gasteiger partial charge in [0.05, 0.1) is 5.75 Å². The lowest BCUT2D eigenvalue weighted by atomic mass is 9.80. The Balaban J connectivity index is 2.29. The maximum atomic E-state index is 12.0. The number of hydrogen-bond donors (Lipinski definition) is 2. The van der Waals surface area contributed by atoms with Gasteiger partial charge in [0.2, 0.25) is 10.0 Å². The normalized spacial score (nSPS) is 28.5. The van der Waals surface area contributed by atoms with E-state index in [9.17, 15) is 8.42 Å². The smallest absolute Gasteiger partial charge is 0.211 e. The Hall–Kier alpha value is -0.130. The summed E-state index contributed by atoms with van der Waals surface area (Å²) >= 11 is 0. The van der Waals surface area contributed by atoms with Gasteiger partial charge in [-0.1, -0.05) is 20.8 Å². The molecule has 1 aliphatic carbocycles. The number of nitrogens with one attached hydrogen (secondary N) is 2. The van der Waals surface area contributed by atoms with E-state index in [1.54, 1.807) is 0 Å². The minimum absolute atomic E-state index is 0.143. The van der Waals surface area contributed by atoms with Crippen molar-refractivity contribution in [2.45, 2.75) is 58.9 Å². The molecule has 114 valence electrons. The predicted molar refractivity (Wildman–Crippen MR) is 80.7 cm³/mol. The van der Waals surface area contributed by atoms with Crippen LogP contribution in [0, 0.1) is 11.8 Å². The molecule has 1 rings (SSSR count). The first-order chi connectivity index (χ1) is 8.94. The predicted octanol–water partition coefficient (Wildman–Crippen LogP) is 2.12. The summed E-state index contributed by atoms with van der Waals surface area (Å²) in [6.45, 7) is 8.26. The monoisotopic (exact) mass is 290 g/mol. The molecular weight excluding hydrogens is 260 g/mol. The van der Waals surface area contributed by atoms with Gasteiger partial charge in [-0.2, -0.15) is 0 Å². The van der Waals surface area contributed by atoms with Crippen LogP contribution in [0.3, 0.4) is 0 Å². The molecule has 0 heterocycles. The molecule has 19 heavy (non-hydrogen) atoms. The fourth-order valence-corrected chi connectivity index (χ4v) is 4.27. The average Bonchev–Trinajstić information content (AvgIpc) is 2.32. The summed E-state index contributed by atoms with van der Waals surface area (Å²) in [5.41, 5.74) is 0. The molecule has 4 nitrogen and oxygen atoms in total. The Kier molecular flexibility index (Phi) is 7.32. The second-order valence-corrected chi connectivity index (χ2v) is 7.92. The SMILES string of the molecule is CCCNCCCS(=O)(=O)NC1CCC(C)CC1C. The highest BCUT2D eigenvalue weighted by Gasteiger charge is 2.28. The van der Waals surface area contributed by atoms with Gasteiger partial charge < -0.3 is 5.32 Å². The fraction of sp³-hybridized carbons (Fsp3) is 1.00. The Labute approximate surface area is 118 Å². The molecular formula is C14H30N2O2S. The van der Waals surface area contributed by atoms with E-state index in [2.05, 4.69) is 30.8 Å². The van der Waals surface area contributed by atoms with Gasteiger partial charge in [-0.25, -0.2) is 13.1 Å². The van der Waals surface area contributed by atoms with Gasteiger partial charge in [0.15, 0.2) is 0 Å². The zero-order chi connectivity index (χ0) is 14.3. The number of sulfonamides is 1. The molecule has 5 heteroatoms. The van der Waals surface area contributed by atoms with Crippen molar-refractivity contribution in [3.05, 3.63) is 0 Å². The summed E-state index contributed by atoms with van der Waals surface area (Å²) in [5, 5.41) is 3.23. The van der Waals surface area contributed by atoms with Crippen molar-refractivity contribution < 1.29 is 8.42 Å². The lowest BCUT2D eigenvalue weighted by Crippen LogP contribution is -2.43. The molecule has 3 atom stereocenters. The molecule has 0 amide bonds. The Bertz CT molecular complexity index is 343. The Morgan fingerprint density at radius 2 is 1.89 bits per heavy atom. The maximum absolute atomic E-state index is 12.0. The standard InChI is InChI=1S/C14H30N2O2S/c1-4-8-15-9-5-10-19(17,18)16-14-7-6-12(2)11-13(14)3/h12-16H,4-11H2,1-3H3. The van der Waals surface area contributed by atoms with Gasteiger partial charge in [0.25, 0.3) is 0 Å². The first-order valence-corrected chi connectivity index (χ1v) is 9.30. The second kappa shape index (κ2) is 8.22. The van der Waals surface area contributed by atoms with Gasteiger partial charge in [-0.15, -0.1) is 0 Å². The zero-order valence-corrected chi connectivity index (χ0v) is 13.4. The molecule has 0 aromatic rings. The molecule has 1 saturated carbocycles. The molecule has 0 radical (unpaired) electrons. The van der Waals surface area contributed by atoms with Crippen molar-refractivity contribution in [3.63, 3.8) is 0 Å². The molecule has 0 aromatic heterocycles. The largest absolute Gasteiger partial charge is 0.317 e. The van der Waals surface area contributed by atoms with Crippen molar-refractivity contribution in [1.29, 1.82) is 0 Å². The van der Waals surface area contributed by atoms with Crippen LogP contribution in [0.5, 0.6) is 0 Å². The highest BCUT2D eigenvalue weighted by molar-refractivity contribution is 7.89. The van der Waals surface area contributed by atoms with Crippen molar-refractivity contribution in [2.24, 2.45) is 11.8 Å². The van der Waals surface area contributed by atoms with E-state index in [-0.39, 0.29) is 11.8 Å². The van der Waals surface area contributed by atoms with Crippen molar-refractivity contribution >= 4 is 10.0 Å². The molecule has 0 bridgehead atoms. The lowest BCUT2D eigenvalue weighted by molar-refractivity contribution is 0.249. The van der Waals surface area contributed by atoms with Gasteiger partial charge in [0.1, 0.15) is 0 Å². The van der Waals surface area contributed by atoms with Gasteiger partial charge in [0, 0.05) is 6.04 Å². The van der Waals surface area contributed by atoms with E-state index in [4.69, 9.17) is 0 Å². The minimum Gasteiger partial charge on any atom is -0.317 e. The summed E-state index contributed by atoms with van der Waals surface area (Å²) in [6.07, 6.45) is 5.02. The van der Waals surface area contributed by atoms with Crippen LogP contribution < -0.4 is 10.0 Å². The molecule has 3 unspecified atom stereocenters.